The zero-order valence-corrected chi connectivity index (χ0v) is 10.6. The summed E-state index contributed by atoms with van der Waals surface area (Å²) in [6.45, 7) is 5.91. The highest BCUT2D eigenvalue weighted by atomic mass is 35.5. The van der Waals surface area contributed by atoms with Gasteiger partial charge in [0.1, 0.15) is 0 Å². The van der Waals surface area contributed by atoms with Crippen molar-refractivity contribution in [2.75, 3.05) is 25.0 Å². The topological polar surface area (TPSA) is 9.23 Å². The lowest BCUT2D eigenvalue weighted by molar-refractivity contribution is 0.0363. The quantitative estimate of drug-likeness (QED) is 0.617. The summed E-state index contributed by atoms with van der Waals surface area (Å²) in [6.07, 6.45) is 2.66. The first-order chi connectivity index (χ1) is 6.64. The summed E-state index contributed by atoms with van der Waals surface area (Å²) in [7, 11) is 0. The van der Waals surface area contributed by atoms with Gasteiger partial charge in [0.2, 0.25) is 0 Å². The van der Waals surface area contributed by atoms with Gasteiger partial charge in [0.15, 0.2) is 0 Å². The van der Waals surface area contributed by atoms with Gasteiger partial charge in [0.25, 0.3) is 0 Å². The van der Waals surface area contributed by atoms with Gasteiger partial charge in [-0.3, -0.25) is 0 Å². The molecule has 0 radical (unpaired) electrons. The summed E-state index contributed by atoms with van der Waals surface area (Å²) in [5, 5.41) is 0. The smallest absolute Gasteiger partial charge is 0.0547 e. The van der Waals surface area contributed by atoms with E-state index in [1.807, 2.05) is 0 Å². The predicted molar refractivity (Wildman–Crippen MR) is 62.3 cm³/mol. The van der Waals surface area contributed by atoms with Crippen LogP contribution in [0.5, 0.6) is 0 Å². The minimum absolute atomic E-state index is 0.0436. The van der Waals surface area contributed by atoms with Crippen LogP contribution >= 0.6 is 23.2 Å². The lowest BCUT2D eigenvalue weighted by Gasteiger charge is -2.33. The highest BCUT2D eigenvalue weighted by Crippen LogP contribution is 2.33. The standard InChI is InChI=1S/C11H20Cl2O/c1-9(2)11(6-12,7-13)8-14-5-10-3-4-10/h9-10H,3-8H2,1-2H3. The molecule has 1 fully saturated rings. The Morgan fingerprint density at radius 2 is 1.86 bits per heavy atom. The molecule has 1 aliphatic carbocycles. The van der Waals surface area contributed by atoms with Gasteiger partial charge >= 0.3 is 0 Å². The van der Waals surface area contributed by atoms with E-state index in [4.69, 9.17) is 27.9 Å². The third kappa shape index (κ3) is 3.29. The van der Waals surface area contributed by atoms with E-state index in [9.17, 15) is 0 Å². The minimum atomic E-state index is -0.0436. The van der Waals surface area contributed by atoms with Crippen molar-refractivity contribution in [1.82, 2.24) is 0 Å². The van der Waals surface area contributed by atoms with Crippen molar-refractivity contribution in [3.05, 3.63) is 0 Å². The summed E-state index contributed by atoms with van der Waals surface area (Å²) in [4.78, 5) is 0. The van der Waals surface area contributed by atoms with E-state index in [-0.39, 0.29) is 5.41 Å². The molecule has 0 bridgehead atoms. The Kier molecular flexibility index (Phi) is 5.02. The second-order valence-electron chi connectivity index (χ2n) is 4.74. The molecular weight excluding hydrogens is 219 g/mol. The van der Waals surface area contributed by atoms with Crippen molar-refractivity contribution in [2.45, 2.75) is 26.7 Å². The largest absolute Gasteiger partial charge is 0.380 e. The molecule has 0 unspecified atom stereocenters. The van der Waals surface area contributed by atoms with Crippen LogP contribution in [0.4, 0.5) is 0 Å². The zero-order valence-electron chi connectivity index (χ0n) is 9.06. The number of halogens is 2. The van der Waals surface area contributed by atoms with E-state index in [0.717, 1.165) is 12.5 Å². The predicted octanol–water partition coefficient (Wildman–Crippen LogP) is 3.53. The highest BCUT2D eigenvalue weighted by molar-refractivity contribution is 6.21. The number of alkyl halides is 2. The molecule has 0 aromatic rings. The molecule has 3 heteroatoms. The fourth-order valence-corrected chi connectivity index (χ4v) is 2.36. The Hall–Kier alpha value is 0.540. The molecule has 1 rings (SSSR count). The van der Waals surface area contributed by atoms with Crippen LogP contribution in [-0.4, -0.2) is 25.0 Å². The van der Waals surface area contributed by atoms with Crippen LogP contribution in [-0.2, 0) is 4.74 Å². The molecule has 1 aliphatic rings. The van der Waals surface area contributed by atoms with Crippen LogP contribution in [0.1, 0.15) is 26.7 Å². The molecule has 0 saturated heterocycles. The van der Waals surface area contributed by atoms with Crippen molar-refractivity contribution >= 4 is 23.2 Å². The zero-order chi connectivity index (χ0) is 10.6. The maximum atomic E-state index is 5.99. The molecule has 14 heavy (non-hydrogen) atoms. The van der Waals surface area contributed by atoms with E-state index in [1.54, 1.807) is 0 Å². The van der Waals surface area contributed by atoms with E-state index >= 15 is 0 Å². The van der Waals surface area contributed by atoms with Crippen LogP contribution < -0.4 is 0 Å². The molecule has 0 amide bonds. The molecule has 0 aromatic carbocycles. The van der Waals surface area contributed by atoms with Crippen LogP contribution in [0.25, 0.3) is 0 Å². The Morgan fingerprint density at radius 3 is 2.21 bits per heavy atom. The van der Waals surface area contributed by atoms with Gasteiger partial charge in [-0.05, 0) is 24.7 Å². The normalized spacial score (nSPS) is 17.8. The first-order valence-electron chi connectivity index (χ1n) is 5.34. The molecule has 1 saturated carbocycles. The van der Waals surface area contributed by atoms with Gasteiger partial charge in [0, 0.05) is 23.8 Å². The molecule has 0 atom stereocenters. The number of ether oxygens (including phenoxy) is 1. The summed E-state index contributed by atoms with van der Waals surface area (Å²) in [6, 6.07) is 0. The van der Waals surface area contributed by atoms with Gasteiger partial charge in [0.05, 0.1) is 6.61 Å². The molecule has 0 aliphatic heterocycles. The highest BCUT2D eigenvalue weighted by Gasteiger charge is 2.33. The SMILES string of the molecule is CC(C)C(CCl)(CCl)COCC1CC1. The Morgan fingerprint density at radius 1 is 1.29 bits per heavy atom. The Balaban J connectivity index is 2.31. The molecule has 0 aromatic heterocycles. The van der Waals surface area contributed by atoms with Crippen LogP contribution in [0.3, 0.4) is 0 Å². The van der Waals surface area contributed by atoms with Gasteiger partial charge < -0.3 is 4.74 Å². The van der Waals surface area contributed by atoms with Crippen molar-refractivity contribution in [1.29, 1.82) is 0 Å². The summed E-state index contributed by atoms with van der Waals surface area (Å²) in [5.41, 5.74) is -0.0436. The van der Waals surface area contributed by atoms with Gasteiger partial charge in [-0.25, -0.2) is 0 Å². The van der Waals surface area contributed by atoms with E-state index in [1.165, 1.54) is 12.8 Å². The molecule has 0 heterocycles. The second kappa shape index (κ2) is 5.58. The van der Waals surface area contributed by atoms with Crippen molar-refractivity contribution < 1.29 is 4.74 Å². The molecule has 0 spiro atoms. The number of hydrogen-bond acceptors (Lipinski definition) is 1. The monoisotopic (exact) mass is 238 g/mol. The van der Waals surface area contributed by atoms with E-state index < -0.39 is 0 Å². The number of hydrogen-bond donors (Lipinski definition) is 0. The third-order valence-corrected chi connectivity index (χ3v) is 4.26. The third-order valence-electron chi connectivity index (χ3n) is 3.20. The van der Waals surface area contributed by atoms with Gasteiger partial charge in [-0.2, -0.15) is 0 Å². The lowest BCUT2D eigenvalue weighted by Crippen LogP contribution is -2.36. The molecule has 1 nitrogen and oxygen atoms in total. The fraction of sp³-hybridized carbons (Fsp3) is 1.00. The maximum Gasteiger partial charge on any atom is 0.0547 e. The number of rotatable bonds is 7. The van der Waals surface area contributed by atoms with Crippen molar-refractivity contribution in [3.8, 4) is 0 Å². The Bertz CT molecular complexity index is 163. The van der Waals surface area contributed by atoms with E-state index in [0.29, 0.717) is 24.3 Å². The summed E-state index contributed by atoms with van der Waals surface area (Å²) >= 11 is 12.0. The average molecular weight is 239 g/mol. The summed E-state index contributed by atoms with van der Waals surface area (Å²) in [5.74, 6) is 2.44. The lowest BCUT2D eigenvalue weighted by atomic mass is 9.81. The van der Waals surface area contributed by atoms with Crippen molar-refractivity contribution in [2.24, 2.45) is 17.3 Å². The van der Waals surface area contributed by atoms with Gasteiger partial charge in [-0.1, -0.05) is 13.8 Å². The molecule has 0 N–H and O–H groups in total. The maximum absolute atomic E-state index is 5.99. The first kappa shape index (κ1) is 12.6. The average Bonchev–Trinajstić information content (AvgIpc) is 2.96. The fourth-order valence-electron chi connectivity index (χ4n) is 1.30. The van der Waals surface area contributed by atoms with Crippen LogP contribution in [0.2, 0.25) is 0 Å². The Labute approximate surface area is 97.1 Å². The van der Waals surface area contributed by atoms with Crippen LogP contribution in [0, 0.1) is 17.3 Å². The summed E-state index contributed by atoms with van der Waals surface area (Å²) < 4.78 is 5.70. The van der Waals surface area contributed by atoms with E-state index in [2.05, 4.69) is 13.8 Å². The van der Waals surface area contributed by atoms with Crippen LogP contribution in [0.15, 0.2) is 0 Å². The first-order valence-corrected chi connectivity index (χ1v) is 6.41. The molecule has 84 valence electrons. The van der Waals surface area contributed by atoms with Gasteiger partial charge in [-0.15, -0.1) is 23.2 Å². The van der Waals surface area contributed by atoms with Crippen molar-refractivity contribution in [3.63, 3.8) is 0 Å². The second-order valence-corrected chi connectivity index (χ2v) is 5.28. The minimum Gasteiger partial charge on any atom is -0.380 e. The molecular formula is C11H20Cl2O.